The van der Waals surface area contributed by atoms with Crippen molar-refractivity contribution < 1.29 is 9.53 Å². The Morgan fingerprint density at radius 3 is 2.60 bits per heavy atom. The van der Waals surface area contributed by atoms with Crippen molar-refractivity contribution in [1.29, 1.82) is 0 Å². The van der Waals surface area contributed by atoms with E-state index in [1.807, 2.05) is 20.8 Å². The van der Waals surface area contributed by atoms with E-state index >= 15 is 0 Å². The molecule has 15 heavy (non-hydrogen) atoms. The Labute approximate surface area is 95.9 Å². The van der Waals surface area contributed by atoms with E-state index in [2.05, 4.69) is 17.2 Å². The second kappa shape index (κ2) is 6.50. The number of unbranched alkanes of at least 4 members (excludes halogenated alkanes) is 1. The van der Waals surface area contributed by atoms with E-state index in [4.69, 9.17) is 10.5 Å². The lowest BCUT2D eigenvalue weighted by Gasteiger charge is -2.16. The van der Waals surface area contributed by atoms with Gasteiger partial charge >= 0.3 is 5.97 Å². The van der Waals surface area contributed by atoms with Gasteiger partial charge < -0.3 is 10.5 Å². The van der Waals surface area contributed by atoms with Crippen molar-refractivity contribution in [2.75, 3.05) is 6.61 Å². The largest absolute Gasteiger partial charge is 0.465 e. The molecule has 0 saturated carbocycles. The summed E-state index contributed by atoms with van der Waals surface area (Å²) in [6, 6.07) is 0. The zero-order chi connectivity index (χ0) is 11.9. The van der Waals surface area contributed by atoms with Crippen LogP contribution in [0.4, 0.5) is 0 Å². The molecule has 0 heterocycles. The molecule has 2 N–H and O–H groups in total. The SMILES string of the molecule is CC(C)(C)C(=O)OCCCC=NC(N)=S. The summed E-state index contributed by atoms with van der Waals surface area (Å²) in [7, 11) is 0. The summed E-state index contributed by atoms with van der Waals surface area (Å²) < 4.78 is 5.05. The zero-order valence-electron chi connectivity index (χ0n) is 9.45. The van der Waals surface area contributed by atoms with Crippen molar-refractivity contribution in [1.82, 2.24) is 0 Å². The summed E-state index contributed by atoms with van der Waals surface area (Å²) in [5, 5.41) is 0.127. The van der Waals surface area contributed by atoms with Gasteiger partial charge in [0.1, 0.15) is 0 Å². The van der Waals surface area contributed by atoms with Gasteiger partial charge in [0.2, 0.25) is 0 Å². The third-order valence-electron chi connectivity index (χ3n) is 1.54. The van der Waals surface area contributed by atoms with Crippen LogP contribution in [0.2, 0.25) is 0 Å². The first kappa shape index (κ1) is 14.0. The van der Waals surface area contributed by atoms with Crippen LogP contribution in [-0.4, -0.2) is 23.9 Å². The Balaban J connectivity index is 3.56. The quantitative estimate of drug-likeness (QED) is 0.345. The maximum Gasteiger partial charge on any atom is 0.311 e. The smallest absolute Gasteiger partial charge is 0.311 e. The number of hydrogen-bond donors (Lipinski definition) is 1. The fourth-order valence-electron chi connectivity index (χ4n) is 0.711. The number of carbonyl (C=O) groups excluding carboxylic acids is 1. The van der Waals surface area contributed by atoms with Crippen LogP contribution in [0.3, 0.4) is 0 Å². The molecule has 0 aliphatic heterocycles. The molecule has 0 aromatic carbocycles. The van der Waals surface area contributed by atoms with Crippen molar-refractivity contribution in [2.24, 2.45) is 16.1 Å². The highest BCUT2D eigenvalue weighted by Gasteiger charge is 2.22. The number of carbonyl (C=O) groups is 1. The zero-order valence-corrected chi connectivity index (χ0v) is 10.3. The van der Waals surface area contributed by atoms with Gasteiger partial charge in [0.05, 0.1) is 12.0 Å². The summed E-state index contributed by atoms with van der Waals surface area (Å²) in [6.45, 7) is 5.87. The number of ether oxygens (including phenoxy) is 1. The Morgan fingerprint density at radius 1 is 1.53 bits per heavy atom. The van der Waals surface area contributed by atoms with Gasteiger partial charge in [0.15, 0.2) is 5.11 Å². The second-order valence-electron chi connectivity index (χ2n) is 4.18. The minimum absolute atomic E-state index is 0.127. The minimum atomic E-state index is -0.438. The maximum absolute atomic E-state index is 11.3. The normalized spacial score (nSPS) is 11.7. The molecular weight excluding hydrogens is 212 g/mol. The van der Waals surface area contributed by atoms with Crippen LogP contribution >= 0.6 is 12.2 Å². The van der Waals surface area contributed by atoms with Crippen LogP contribution in [0, 0.1) is 5.41 Å². The first-order valence-electron chi connectivity index (χ1n) is 4.83. The highest BCUT2D eigenvalue weighted by molar-refractivity contribution is 7.80. The molecule has 0 aliphatic carbocycles. The molecule has 0 aromatic heterocycles. The molecule has 0 amide bonds. The Hall–Kier alpha value is -0.970. The van der Waals surface area contributed by atoms with Crippen LogP contribution in [-0.2, 0) is 9.53 Å². The predicted molar refractivity (Wildman–Crippen MR) is 64.9 cm³/mol. The van der Waals surface area contributed by atoms with E-state index in [1.165, 1.54) is 0 Å². The molecule has 0 bridgehead atoms. The van der Waals surface area contributed by atoms with Crippen molar-refractivity contribution in [3.63, 3.8) is 0 Å². The van der Waals surface area contributed by atoms with E-state index in [-0.39, 0.29) is 11.1 Å². The minimum Gasteiger partial charge on any atom is -0.465 e. The number of nitrogens with zero attached hydrogens (tertiary/aromatic N) is 1. The molecule has 86 valence electrons. The highest BCUT2D eigenvalue weighted by Crippen LogP contribution is 2.15. The van der Waals surface area contributed by atoms with E-state index in [0.717, 1.165) is 6.42 Å². The molecule has 0 aromatic rings. The van der Waals surface area contributed by atoms with Gasteiger partial charge in [-0.1, -0.05) is 0 Å². The summed E-state index contributed by atoms with van der Waals surface area (Å²) >= 11 is 4.56. The molecule has 5 heteroatoms. The lowest BCUT2D eigenvalue weighted by molar-refractivity contribution is -0.152. The van der Waals surface area contributed by atoms with Gasteiger partial charge in [-0.15, -0.1) is 0 Å². The molecule has 0 fully saturated rings. The van der Waals surface area contributed by atoms with Gasteiger partial charge in [-0.05, 0) is 45.8 Å². The molecule has 0 saturated heterocycles. The maximum atomic E-state index is 11.3. The highest BCUT2D eigenvalue weighted by atomic mass is 32.1. The van der Waals surface area contributed by atoms with E-state index in [0.29, 0.717) is 13.0 Å². The summed E-state index contributed by atoms with van der Waals surface area (Å²) in [5.41, 5.74) is 4.72. The third-order valence-corrected chi connectivity index (χ3v) is 1.65. The lowest BCUT2D eigenvalue weighted by atomic mass is 9.97. The van der Waals surface area contributed by atoms with Crippen molar-refractivity contribution >= 4 is 29.5 Å². The monoisotopic (exact) mass is 230 g/mol. The van der Waals surface area contributed by atoms with Gasteiger partial charge in [-0.3, -0.25) is 4.79 Å². The van der Waals surface area contributed by atoms with Gasteiger partial charge in [0, 0.05) is 6.21 Å². The number of nitrogens with two attached hydrogens (primary N) is 1. The average molecular weight is 230 g/mol. The van der Waals surface area contributed by atoms with Crippen molar-refractivity contribution in [3.8, 4) is 0 Å². The number of esters is 1. The Morgan fingerprint density at radius 2 is 2.13 bits per heavy atom. The second-order valence-corrected chi connectivity index (χ2v) is 4.60. The summed E-state index contributed by atoms with van der Waals surface area (Å²) in [6.07, 6.45) is 3.07. The van der Waals surface area contributed by atoms with Crippen molar-refractivity contribution in [3.05, 3.63) is 0 Å². The Bertz CT molecular complexity index is 257. The van der Waals surface area contributed by atoms with Crippen LogP contribution in [0.15, 0.2) is 4.99 Å². The summed E-state index contributed by atoms with van der Waals surface area (Å²) in [4.78, 5) is 15.0. The molecule has 4 nitrogen and oxygen atoms in total. The number of aliphatic imine (C=N–C) groups is 1. The topological polar surface area (TPSA) is 64.7 Å². The van der Waals surface area contributed by atoms with Crippen LogP contribution < -0.4 is 5.73 Å². The number of hydrogen-bond acceptors (Lipinski definition) is 3. The van der Waals surface area contributed by atoms with Crippen LogP contribution in [0.1, 0.15) is 33.6 Å². The first-order valence-corrected chi connectivity index (χ1v) is 5.24. The lowest BCUT2D eigenvalue weighted by Crippen LogP contribution is -2.23. The van der Waals surface area contributed by atoms with Crippen molar-refractivity contribution in [2.45, 2.75) is 33.6 Å². The van der Waals surface area contributed by atoms with Gasteiger partial charge in [-0.25, -0.2) is 4.99 Å². The average Bonchev–Trinajstić information content (AvgIpc) is 2.08. The number of thiocarbonyl (C=S) groups is 1. The standard InChI is InChI=1S/C10H18N2O2S/c1-10(2,3)8(13)14-7-5-4-6-12-9(11)15/h6H,4-5,7H2,1-3H3,(H2,11,15). The molecule has 0 aliphatic rings. The Kier molecular flexibility index (Phi) is 6.08. The fraction of sp³-hybridized carbons (Fsp3) is 0.700. The van der Waals surface area contributed by atoms with Gasteiger partial charge in [-0.2, -0.15) is 0 Å². The fourth-order valence-corrected chi connectivity index (χ4v) is 0.785. The summed E-state index contributed by atoms with van der Waals surface area (Å²) in [5.74, 6) is -0.186. The molecule has 0 atom stereocenters. The molecule has 0 spiro atoms. The predicted octanol–water partition coefficient (Wildman–Crippen LogP) is 1.67. The third kappa shape index (κ3) is 8.05. The molecule has 0 unspecified atom stereocenters. The molecule has 0 rings (SSSR count). The van der Waals surface area contributed by atoms with Gasteiger partial charge in [0.25, 0.3) is 0 Å². The number of rotatable bonds is 4. The molecular formula is C10H18N2O2S. The van der Waals surface area contributed by atoms with E-state index < -0.39 is 5.41 Å². The molecule has 0 radical (unpaired) electrons. The van der Waals surface area contributed by atoms with E-state index in [1.54, 1.807) is 6.21 Å². The first-order chi connectivity index (χ1) is 6.84. The van der Waals surface area contributed by atoms with Crippen LogP contribution in [0.25, 0.3) is 0 Å². The van der Waals surface area contributed by atoms with E-state index in [9.17, 15) is 4.79 Å². The van der Waals surface area contributed by atoms with Crippen LogP contribution in [0.5, 0.6) is 0 Å².